The second-order valence-electron chi connectivity index (χ2n) is 5.95. The third-order valence-corrected chi connectivity index (χ3v) is 4.87. The zero-order valence-electron chi connectivity index (χ0n) is 10.5. The van der Waals surface area contributed by atoms with Gasteiger partial charge in [0.05, 0.1) is 17.1 Å². The topological polar surface area (TPSA) is 61.1 Å². The maximum atomic E-state index is 11.3. The van der Waals surface area contributed by atoms with Crippen molar-refractivity contribution in [3.63, 3.8) is 0 Å². The van der Waals surface area contributed by atoms with E-state index < -0.39 is 11.0 Å². The van der Waals surface area contributed by atoms with E-state index in [-0.39, 0.29) is 5.78 Å². The van der Waals surface area contributed by atoms with E-state index in [1.165, 1.54) is 0 Å². The molecule has 2 saturated carbocycles. The number of nitrogens with zero attached hydrogens (tertiary/aromatic N) is 1. The molecular formula is C14H21NO2. The molecule has 0 amide bonds. The molecule has 0 radical (unpaired) electrons. The van der Waals surface area contributed by atoms with Crippen molar-refractivity contribution in [3.05, 3.63) is 0 Å². The lowest BCUT2D eigenvalue weighted by molar-refractivity contribution is -0.136. The van der Waals surface area contributed by atoms with Gasteiger partial charge in [-0.25, -0.2) is 0 Å². The monoisotopic (exact) mass is 235 g/mol. The predicted octanol–water partition coefficient (Wildman–Crippen LogP) is 2.58. The quantitative estimate of drug-likeness (QED) is 0.759. The van der Waals surface area contributed by atoms with Gasteiger partial charge in [-0.3, -0.25) is 4.79 Å². The van der Waals surface area contributed by atoms with Gasteiger partial charge in [-0.05, 0) is 44.4 Å². The zero-order chi connectivity index (χ0) is 12.5. The molecule has 2 fully saturated rings. The van der Waals surface area contributed by atoms with Crippen LogP contribution in [0.5, 0.6) is 0 Å². The molecule has 3 nitrogen and oxygen atoms in total. The molecule has 0 aromatic rings. The van der Waals surface area contributed by atoms with Gasteiger partial charge < -0.3 is 5.11 Å². The second-order valence-corrected chi connectivity index (χ2v) is 5.95. The van der Waals surface area contributed by atoms with Gasteiger partial charge in [0.2, 0.25) is 0 Å². The molecule has 0 aliphatic heterocycles. The molecule has 0 aromatic carbocycles. The van der Waals surface area contributed by atoms with Crippen LogP contribution in [-0.4, -0.2) is 16.5 Å². The van der Waals surface area contributed by atoms with Crippen molar-refractivity contribution in [2.75, 3.05) is 0 Å². The molecule has 0 aromatic heterocycles. The van der Waals surface area contributed by atoms with Crippen LogP contribution in [0.3, 0.4) is 0 Å². The Morgan fingerprint density at radius 3 is 2.24 bits per heavy atom. The van der Waals surface area contributed by atoms with Crippen LogP contribution in [-0.2, 0) is 4.79 Å². The van der Waals surface area contributed by atoms with E-state index in [0.29, 0.717) is 31.6 Å². The molecule has 0 heterocycles. The van der Waals surface area contributed by atoms with Crippen LogP contribution in [0.4, 0.5) is 0 Å². The summed E-state index contributed by atoms with van der Waals surface area (Å²) in [6.45, 7) is 2.20. The van der Waals surface area contributed by atoms with Gasteiger partial charge in [0.25, 0.3) is 0 Å². The molecule has 94 valence electrons. The first-order chi connectivity index (χ1) is 8.01. The van der Waals surface area contributed by atoms with Crippen LogP contribution < -0.4 is 0 Å². The van der Waals surface area contributed by atoms with Crippen LogP contribution in [0.1, 0.15) is 58.3 Å². The van der Waals surface area contributed by atoms with E-state index >= 15 is 0 Å². The Morgan fingerprint density at radius 2 is 1.76 bits per heavy atom. The van der Waals surface area contributed by atoms with Crippen molar-refractivity contribution >= 4 is 5.78 Å². The fraction of sp³-hybridized carbons (Fsp3) is 0.857. The number of hydrogen-bond acceptors (Lipinski definition) is 3. The molecule has 2 rings (SSSR count). The standard InChI is InChI=1S/C14H21NO2/c1-11-2-6-13(10-15,7-3-11)14(17)8-4-12(16)5-9-14/h11,17H,2-9H2,1H3. The summed E-state index contributed by atoms with van der Waals surface area (Å²) in [5.74, 6) is 0.886. The average molecular weight is 235 g/mol. The first-order valence-corrected chi connectivity index (χ1v) is 6.67. The van der Waals surface area contributed by atoms with E-state index in [9.17, 15) is 15.2 Å². The van der Waals surface area contributed by atoms with Gasteiger partial charge in [-0.2, -0.15) is 5.26 Å². The third kappa shape index (κ3) is 2.11. The predicted molar refractivity (Wildman–Crippen MR) is 64.1 cm³/mol. The van der Waals surface area contributed by atoms with E-state index in [2.05, 4.69) is 13.0 Å². The van der Waals surface area contributed by atoms with Crippen molar-refractivity contribution in [2.24, 2.45) is 11.3 Å². The second kappa shape index (κ2) is 4.42. The van der Waals surface area contributed by atoms with Gasteiger partial charge in [-0.1, -0.05) is 6.92 Å². The molecule has 0 spiro atoms. The number of hydrogen-bond donors (Lipinski definition) is 1. The highest BCUT2D eigenvalue weighted by atomic mass is 16.3. The summed E-state index contributed by atoms with van der Waals surface area (Å²) < 4.78 is 0. The van der Waals surface area contributed by atoms with Gasteiger partial charge in [-0.15, -0.1) is 0 Å². The minimum atomic E-state index is -0.921. The first-order valence-electron chi connectivity index (χ1n) is 6.67. The fourth-order valence-electron chi connectivity index (χ4n) is 3.36. The van der Waals surface area contributed by atoms with Gasteiger partial charge in [0.15, 0.2) is 0 Å². The molecule has 0 unspecified atom stereocenters. The molecule has 3 heteroatoms. The van der Waals surface area contributed by atoms with Crippen LogP contribution in [0.2, 0.25) is 0 Å². The maximum Gasteiger partial charge on any atom is 0.133 e. The van der Waals surface area contributed by atoms with Crippen molar-refractivity contribution in [1.82, 2.24) is 0 Å². The summed E-state index contributed by atoms with van der Waals surface area (Å²) >= 11 is 0. The maximum absolute atomic E-state index is 11.3. The summed E-state index contributed by atoms with van der Waals surface area (Å²) in [4.78, 5) is 11.3. The van der Waals surface area contributed by atoms with E-state index in [1.807, 2.05) is 0 Å². The Balaban J connectivity index is 2.18. The molecule has 0 atom stereocenters. The van der Waals surface area contributed by atoms with E-state index in [0.717, 1.165) is 25.7 Å². The van der Waals surface area contributed by atoms with Gasteiger partial charge >= 0.3 is 0 Å². The lowest BCUT2D eigenvalue weighted by Gasteiger charge is -2.47. The fourth-order valence-corrected chi connectivity index (χ4v) is 3.36. The minimum absolute atomic E-state index is 0.229. The number of carbonyl (C=O) groups excluding carboxylic acids is 1. The Morgan fingerprint density at radius 1 is 1.24 bits per heavy atom. The summed E-state index contributed by atoms with van der Waals surface area (Å²) in [6, 6.07) is 2.40. The molecule has 1 N–H and O–H groups in total. The highest BCUT2D eigenvalue weighted by Gasteiger charge is 2.52. The van der Waals surface area contributed by atoms with Gasteiger partial charge in [0.1, 0.15) is 5.78 Å². The van der Waals surface area contributed by atoms with E-state index in [4.69, 9.17) is 0 Å². The highest BCUT2D eigenvalue weighted by Crippen LogP contribution is 2.51. The molecular weight excluding hydrogens is 214 g/mol. The summed E-state index contributed by atoms with van der Waals surface area (Å²) in [7, 11) is 0. The Labute approximate surface area is 103 Å². The molecule has 2 aliphatic carbocycles. The summed E-state index contributed by atoms with van der Waals surface area (Å²) in [5, 5.41) is 20.3. The molecule has 17 heavy (non-hydrogen) atoms. The van der Waals surface area contributed by atoms with Crippen molar-refractivity contribution < 1.29 is 9.90 Å². The SMILES string of the molecule is CC1CCC(C#N)(C2(O)CCC(=O)CC2)CC1. The summed E-state index contributed by atoms with van der Waals surface area (Å²) in [5.41, 5.74) is -1.52. The van der Waals surface area contributed by atoms with Gasteiger partial charge in [0, 0.05) is 12.8 Å². The number of Topliss-reactive ketones (excluding diaryl/α,β-unsaturated/α-hetero) is 1. The number of ketones is 1. The van der Waals surface area contributed by atoms with Crippen LogP contribution in [0, 0.1) is 22.7 Å². The smallest absolute Gasteiger partial charge is 0.133 e. The number of nitriles is 1. The van der Waals surface area contributed by atoms with Crippen molar-refractivity contribution in [3.8, 4) is 6.07 Å². The largest absolute Gasteiger partial charge is 0.388 e. The normalized spacial score (nSPS) is 37.5. The number of aliphatic hydroxyl groups is 1. The molecule has 0 saturated heterocycles. The van der Waals surface area contributed by atoms with Crippen molar-refractivity contribution in [1.29, 1.82) is 5.26 Å². The third-order valence-electron chi connectivity index (χ3n) is 4.87. The minimum Gasteiger partial charge on any atom is -0.388 e. The Bertz CT molecular complexity index is 338. The van der Waals surface area contributed by atoms with Crippen LogP contribution in [0.15, 0.2) is 0 Å². The highest BCUT2D eigenvalue weighted by molar-refractivity contribution is 5.79. The van der Waals surface area contributed by atoms with Crippen molar-refractivity contribution in [2.45, 2.75) is 63.9 Å². The first kappa shape index (κ1) is 12.6. The lowest BCUT2D eigenvalue weighted by atomic mass is 9.58. The Hall–Kier alpha value is -0.880. The Kier molecular flexibility index (Phi) is 3.27. The number of rotatable bonds is 1. The lowest BCUT2D eigenvalue weighted by Crippen LogP contribution is -2.51. The number of carbonyl (C=O) groups is 1. The molecule has 0 bridgehead atoms. The van der Waals surface area contributed by atoms with Crippen LogP contribution >= 0.6 is 0 Å². The zero-order valence-corrected chi connectivity index (χ0v) is 10.5. The molecule has 2 aliphatic rings. The average Bonchev–Trinajstić information content (AvgIpc) is 2.34. The summed E-state index contributed by atoms with van der Waals surface area (Å²) in [6.07, 6.45) is 5.45. The van der Waals surface area contributed by atoms with E-state index in [1.54, 1.807) is 0 Å². The van der Waals surface area contributed by atoms with Crippen LogP contribution in [0.25, 0.3) is 0 Å².